The zero-order chi connectivity index (χ0) is 21.5. The van der Waals surface area contributed by atoms with Gasteiger partial charge in [0.2, 0.25) is 0 Å². The second-order valence-corrected chi connectivity index (χ2v) is 7.65. The van der Waals surface area contributed by atoms with Crippen molar-refractivity contribution in [3.8, 4) is 0 Å². The van der Waals surface area contributed by atoms with E-state index in [2.05, 4.69) is 65.6 Å². The standard InChI is InChI=1S/C25H32N4O/c1-5-28(6-2)17-23-14-12-21(13-15-23)16-26-25(30)24-19(3)27-29(20(24)4)18-22-10-8-7-9-11-22/h7-15H,5-6,16-18H2,1-4H3,(H,26,30). The maximum absolute atomic E-state index is 12.8. The van der Waals surface area contributed by atoms with Crippen LogP contribution in [0.15, 0.2) is 54.6 Å². The van der Waals surface area contributed by atoms with Gasteiger partial charge in [-0.05, 0) is 43.6 Å². The van der Waals surface area contributed by atoms with Gasteiger partial charge in [0.25, 0.3) is 5.91 Å². The number of hydrogen-bond acceptors (Lipinski definition) is 3. The van der Waals surface area contributed by atoms with Gasteiger partial charge in [-0.2, -0.15) is 5.10 Å². The van der Waals surface area contributed by atoms with Crippen molar-refractivity contribution >= 4 is 5.91 Å². The van der Waals surface area contributed by atoms with E-state index in [1.54, 1.807) is 0 Å². The fourth-order valence-electron chi connectivity index (χ4n) is 3.67. The van der Waals surface area contributed by atoms with E-state index >= 15 is 0 Å². The Morgan fingerprint density at radius 2 is 1.57 bits per heavy atom. The van der Waals surface area contributed by atoms with Crippen LogP contribution in [0.25, 0.3) is 0 Å². The minimum atomic E-state index is -0.0727. The molecule has 0 spiro atoms. The molecule has 0 aliphatic heterocycles. The van der Waals surface area contributed by atoms with Crippen molar-refractivity contribution in [3.63, 3.8) is 0 Å². The predicted molar refractivity (Wildman–Crippen MR) is 121 cm³/mol. The van der Waals surface area contributed by atoms with Gasteiger partial charge < -0.3 is 5.32 Å². The minimum absolute atomic E-state index is 0.0727. The monoisotopic (exact) mass is 404 g/mol. The summed E-state index contributed by atoms with van der Waals surface area (Å²) in [5.74, 6) is -0.0727. The van der Waals surface area contributed by atoms with Gasteiger partial charge >= 0.3 is 0 Å². The average molecular weight is 405 g/mol. The Balaban J connectivity index is 1.62. The number of benzene rings is 2. The maximum atomic E-state index is 12.8. The highest BCUT2D eigenvalue weighted by Gasteiger charge is 2.18. The highest BCUT2D eigenvalue weighted by atomic mass is 16.1. The van der Waals surface area contributed by atoms with Crippen LogP contribution in [-0.2, 0) is 19.6 Å². The van der Waals surface area contributed by atoms with E-state index in [0.29, 0.717) is 18.7 Å². The summed E-state index contributed by atoms with van der Waals surface area (Å²) in [5.41, 5.74) is 5.88. The smallest absolute Gasteiger partial charge is 0.255 e. The Morgan fingerprint density at radius 1 is 0.933 bits per heavy atom. The Bertz CT molecular complexity index is 957. The van der Waals surface area contributed by atoms with E-state index in [1.807, 2.05) is 36.7 Å². The van der Waals surface area contributed by atoms with E-state index in [-0.39, 0.29) is 5.91 Å². The fourth-order valence-corrected chi connectivity index (χ4v) is 3.67. The predicted octanol–water partition coefficient (Wildman–Crippen LogP) is 4.32. The summed E-state index contributed by atoms with van der Waals surface area (Å²) in [6, 6.07) is 18.7. The molecule has 1 aromatic heterocycles. The van der Waals surface area contributed by atoms with Crippen LogP contribution >= 0.6 is 0 Å². The normalized spacial score (nSPS) is 11.1. The van der Waals surface area contributed by atoms with Gasteiger partial charge in [0.1, 0.15) is 0 Å². The zero-order valence-electron chi connectivity index (χ0n) is 18.5. The highest BCUT2D eigenvalue weighted by molar-refractivity contribution is 5.96. The molecule has 0 bridgehead atoms. The molecule has 0 aliphatic carbocycles. The second kappa shape index (κ2) is 10.2. The fraction of sp³-hybridized carbons (Fsp3) is 0.360. The third-order valence-corrected chi connectivity index (χ3v) is 5.56. The maximum Gasteiger partial charge on any atom is 0.255 e. The summed E-state index contributed by atoms with van der Waals surface area (Å²) in [6.45, 7) is 12.4. The number of carbonyl (C=O) groups excluding carboxylic acids is 1. The molecule has 2 aromatic carbocycles. The number of nitrogens with zero attached hydrogens (tertiary/aromatic N) is 3. The first-order chi connectivity index (χ1) is 14.5. The molecule has 5 heteroatoms. The molecule has 1 amide bonds. The van der Waals surface area contributed by atoms with E-state index in [9.17, 15) is 4.79 Å². The van der Waals surface area contributed by atoms with Crippen LogP contribution in [0.4, 0.5) is 0 Å². The lowest BCUT2D eigenvalue weighted by Crippen LogP contribution is -2.24. The van der Waals surface area contributed by atoms with Crippen LogP contribution in [0.5, 0.6) is 0 Å². The van der Waals surface area contributed by atoms with Crippen molar-refractivity contribution in [1.29, 1.82) is 0 Å². The minimum Gasteiger partial charge on any atom is -0.348 e. The van der Waals surface area contributed by atoms with Gasteiger partial charge in [0, 0.05) is 18.8 Å². The topological polar surface area (TPSA) is 50.2 Å². The first-order valence-electron chi connectivity index (χ1n) is 10.7. The van der Waals surface area contributed by atoms with Crippen molar-refractivity contribution < 1.29 is 4.79 Å². The lowest BCUT2D eigenvalue weighted by Gasteiger charge is -2.18. The Labute approximate surface area is 179 Å². The average Bonchev–Trinajstić information content (AvgIpc) is 3.04. The lowest BCUT2D eigenvalue weighted by molar-refractivity contribution is 0.0949. The van der Waals surface area contributed by atoms with Crippen molar-refractivity contribution in [3.05, 3.63) is 88.2 Å². The molecule has 1 heterocycles. The number of nitrogens with one attached hydrogen (secondary N) is 1. The number of amides is 1. The molecular weight excluding hydrogens is 372 g/mol. The van der Waals surface area contributed by atoms with Crippen LogP contribution in [0, 0.1) is 13.8 Å². The third-order valence-electron chi connectivity index (χ3n) is 5.56. The number of aryl methyl sites for hydroxylation is 1. The van der Waals surface area contributed by atoms with Crippen LogP contribution in [0.1, 0.15) is 52.3 Å². The lowest BCUT2D eigenvalue weighted by atomic mass is 10.1. The van der Waals surface area contributed by atoms with Crippen LogP contribution in [-0.4, -0.2) is 33.7 Å². The van der Waals surface area contributed by atoms with Crippen LogP contribution in [0.3, 0.4) is 0 Å². The molecule has 0 unspecified atom stereocenters. The Kier molecular flexibility index (Phi) is 7.41. The van der Waals surface area contributed by atoms with Gasteiger partial charge in [-0.1, -0.05) is 68.4 Å². The summed E-state index contributed by atoms with van der Waals surface area (Å²) in [7, 11) is 0. The van der Waals surface area contributed by atoms with Crippen LogP contribution in [0.2, 0.25) is 0 Å². The SMILES string of the molecule is CCN(CC)Cc1ccc(CNC(=O)c2c(C)nn(Cc3ccccc3)c2C)cc1. The molecule has 0 atom stereocenters. The zero-order valence-corrected chi connectivity index (χ0v) is 18.5. The molecular formula is C25H32N4O. The highest BCUT2D eigenvalue weighted by Crippen LogP contribution is 2.15. The van der Waals surface area contributed by atoms with Gasteiger partial charge in [0.05, 0.1) is 17.8 Å². The van der Waals surface area contributed by atoms with Crippen molar-refractivity contribution in [2.75, 3.05) is 13.1 Å². The molecule has 0 fully saturated rings. The number of rotatable bonds is 9. The van der Waals surface area contributed by atoms with Gasteiger partial charge in [0.15, 0.2) is 0 Å². The number of carbonyl (C=O) groups is 1. The quantitative estimate of drug-likeness (QED) is 0.578. The molecule has 1 N–H and O–H groups in total. The number of hydrogen-bond donors (Lipinski definition) is 1. The van der Waals surface area contributed by atoms with E-state index < -0.39 is 0 Å². The van der Waals surface area contributed by atoms with E-state index in [1.165, 1.54) is 11.1 Å². The first-order valence-corrected chi connectivity index (χ1v) is 10.7. The van der Waals surface area contributed by atoms with E-state index in [4.69, 9.17) is 0 Å². The molecule has 0 saturated carbocycles. The molecule has 30 heavy (non-hydrogen) atoms. The molecule has 3 rings (SSSR count). The molecule has 158 valence electrons. The third kappa shape index (κ3) is 5.36. The van der Waals surface area contributed by atoms with Gasteiger partial charge in [-0.15, -0.1) is 0 Å². The van der Waals surface area contributed by atoms with Crippen LogP contribution < -0.4 is 5.32 Å². The molecule has 3 aromatic rings. The van der Waals surface area contributed by atoms with Crippen molar-refractivity contribution in [2.24, 2.45) is 0 Å². The largest absolute Gasteiger partial charge is 0.348 e. The van der Waals surface area contributed by atoms with Gasteiger partial charge in [-0.3, -0.25) is 14.4 Å². The molecule has 5 nitrogen and oxygen atoms in total. The Morgan fingerprint density at radius 3 is 2.20 bits per heavy atom. The number of aromatic nitrogens is 2. The summed E-state index contributed by atoms with van der Waals surface area (Å²) in [6.07, 6.45) is 0. The summed E-state index contributed by atoms with van der Waals surface area (Å²) in [4.78, 5) is 15.2. The summed E-state index contributed by atoms with van der Waals surface area (Å²) >= 11 is 0. The van der Waals surface area contributed by atoms with Crippen molar-refractivity contribution in [1.82, 2.24) is 20.0 Å². The Hall–Kier alpha value is -2.92. The molecule has 0 aliphatic rings. The summed E-state index contributed by atoms with van der Waals surface area (Å²) < 4.78 is 1.90. The molecule has 0 radical (unpaired) electrons. The molecule has 0 saturated heterocycles. The van der Waals surface area contributed by atoms with Gasteiger partial charge in [-0.25, -0.2) is 0 Å². The van der Waals surface area contributed by atoms with E-state index in [0.717, 1.165) is 36.6 Å². The summed E-state index contributed by atoms with van der Waals surface area (Å²) in [5, 5.41) is 7.64. The van der Waals surface area contributed by atoms with Crippen molar-refractivity contribution in [2.45, 2.75) is 47.3 Å². The second-order valence-electron chi connectivity index (χ2n) is 7.65. The first kappa shape index (κ1) is 21.8.